The summed E-state index contributed by atoms with van der Waals surface area (Å²) in [7, 11) is 0. The largest absolute Gasteiger partial charge is 0.481 e. The number of benzene rings is 1. The SMILES string of the molecule is CC1CCCC2(CC1)CN(C(=O)OCc1ccccc1)CC2C(=O)O. The third-order valence-corrected chi connectivity index (χ3v) is 5.92. The van der Waals surface area contributed by atoms with Gasteiger partial charge in [-0.15, -0.1) is 0 Å². The van der Waals surface area contributed by atoms with Gasteiger partial charge in [0.2, 0.25) is 0 Å². The van der Waals surface area contributed by atoms with E-state index in [4.69, 9.17) is 4.74 Å². The second-order valence-electron chi connectivity index (χ2n) is 7.71. The van der Waals surface area contributed by atoms with Crippen molar-refractivity contribution in [3.05, 3.63) is 35.9 Å². The van der Waals surface area contributed by atoms with Gasteiger partial charge >= 0.3 is 12.1 Å². The standard InChI is InChI=1S/C20H27NO4/c1-15-6-5-10-20(11-9-15)14-21(12-17(20)18(22)23)19(24)25-13-16-7-3-2-4-8-16/h2-4,7-8,15,17H,5-6,9-14H2,1H3,(H,22,23). The van der Waals surface area contributed by atoms with Gasteiger partial charge in [0.1, 0.15) is 6.61 Å². The molecule has 1 saturated carbocycles. The van der Waals surface area contributed by atoms with Gasteiger partial charge in [-0.25, -0.2) is 4.79 Å². The molecule has 1 aromatic rings. The maximum atomic E-state index is 12.5. The molecule has 0 radical (unpaired) electrons. The molecule has 5 heteroatoms. The summed E-state index contributed by atoms with van der Waals surface area (Å²) in [6.45, 7) is 3.22. The van der Waals surface area contributed by atoms with E-state index in [2.05, 4.69) is 6.92 Å². The topological polar surface area (TPSA) is 66.8 Å². The van der Waals surface area contributed by atoms with E-state index in [9.17, 15) is 14.7 Å². The lowest BCUT2D eigenvalue weighted by atomic mass is 9.72. The number of amides is 1. The molecule has 136 valence electrons. The minimum absolute atomic E-state index is 0.220. The highest BCUT2D eigenvalue weighted by atomic mass is 16.6. The van der Waals surface area contributed by atoms with Crippen molar-refractivity contribution in [2.75, 3.05) is 13.1 Å². The van der Waals surface area contributed by atoms with Crippen molar-refractivity contribution in [1.29, 1.82) is 0 Å². The first-order valence-corrected chi connectivity index (χ1v) is 9.19. The lowest BCUT2D eigenvalue weighted by molar-refractivity contribution is -0.145. The molecule has 0 aromatic heterocycles. The number of carbonyl (C=O) groups excluding carboxylic acids is 1. The summed E-state index contributed by atoms with van der Waals surface area (Å²) in [5.41, 5.74) is 0.644. The average Bonchev–Trinajstić information content (AvgIpc) is 2.89. The van der Waals surface area contributed by atoms with Crippen molar-refractivity contribution < 1.29 is 19.4 Å². The number of nitrogens with zero attached hydrogens (tertiary/aromatic N) is 1. The summed E-state index contributed by atoms with van der Waals surface area (Å²) in [5, 5.41) is 9.72. The molecule has 1 saturated heterocycles. The molecular formula is C20H27NO4. The molecule has 1 N–H and O–H groups in total. The van der Waals surface area contributed by atoms with E-state index in [-0.39, 0.29) is 18.6 Å². The third-order valence-electron chi connectivity index (χ3n) is 5.92. The Balaban J connectivity index is 1.67. The van der Waals surface area contributed by atoms with E-state index in [1.807, 2.05) is 30.3 Å². The van der Waals surface area contributed by atoms with Crippen molar-refractivity contribution in [2.24, 2.45) is 17.3 Å². The van der Waals surface area contributed by atoms with E-state index < -0.39 is 18.0 Å². The number of likely N-dealkylation sites (tertiary alicyclic amines) is 1. The molecule has 2 aliphatic rings. The Labute approximate surface area is 149 Å². The average molecular weight is 345 g/mol. The molecule has 3 atom stereocenters. The van der Waals surface area contributed by atoms with Crippen LogP contribution in [-0.2, 0) is 16.1 Å². The van der Waals surface area contributed by atoms with E-state index >= 15 is 0 Å². The Morgan fingerprint density at radius 3 is 2.72 bits per heavy atom. The zero-order chi connectivity index (χ0) is 17.9. The number of hydrogen-bond acceptors (Lipinski definition) is 3. The molecule has 5 nitrogen and oxygen atoms in total. The molecule has 25 heavy (non-hydrogen) atoms. The molecule has 1 heterocycles. The van der Waals surface area contributed by atoms with E-state index in [1.165, 1.54) is 0 Å². The Morgan fingerprint density at radius 1 is 1.24 bits per heavy atom. The Hall–Kier alpha value is -2.04. The highest BCUT2D eigenvalue weighted by molar-refractivity contribution is 5.75. The molecular weight excluding hydrogens is 318 g/mol. The van der Waals surface area contributed by atoms with Crippen molar-refractivity contribution in [3.63, 3.8) is 0 Å². The molecule has 3 unspecified atom stereocenters. The van der Waals surface area contributed by atoms with Crippen molar-refractivity contribution in [3.8, 4) is 0 Å². The lowest BCUT2D eigenvalue weighted by Crippen LogP contribution is -2.35. The van der Waals surface area contributed by atoms with Crippen LogP contribution in [-0.4, -0.2) is 35.2 Å². The van der Waals surface area contributed by atoms with Crippen LogP contribution in [0.4, 0.5) is 4.79 Å². The van der Waals surface area contributed by atoms with Gasteiger partial charge < -0.3 is 14.7 Å². The van der Waals surface area contributed by atoms with Crippen LogP contribution in [0, 0.1) is 17.3 Å². The number of carbonyl (C=O) groups is 2. The van der Waals surface area contributed by atoms with Crippen molar-refractivity contribution in [2.45, 2.75) is 45.6 Å². The first-order chi connectivity index (χ1) is 12.0. The highest BCUT2D eigenvalue weighted by Gasteiger charge is 2.51. The zero-order valence-corrected chi connectivity index (χ0v) is 14.8. The lowest BCUT2D eigenvalue weighted by Gasteiger charge is -2.31. The van der Waals surface area contributed by atoms with Crippen LogP contribution in [0.25, 0.3) is 0 Å². The second kappa shape index (κ2) is 7.46. The van der Waals surface area contributed by atoms with Gasteiger partial charge in [-0.3, -0.25) is 4.79 Å². The van der Waals surface area contributed by atoms with Gasteiger partial charge in [-0.1, -0.05) is 56.5 Å². The van der Waals surface area contributed by atoms with Gasteiger partial charge in [0, 0.05) is 18.5 Å². The summed E-state index contributed by atoms with van der Waals surface area (Å²) in [6, 6.07) is 9.54. The maximum Gasteiger partial charge on any atom is 0.410 e. The second-order valence-corrected chi connectivity index (χ2v) is 7.71. The van der Waals surface area contributed by atoms with Gasteiger partial charge in [0.25, 0.3) is 0 Å². The van der Waals surface area contributed by atoms with E-state index in [0.717, 1.165) is 37.7 Å². The van der Waals surface area contributed by atoms with Crippen LogP contribution >= 0.6 is 0 Å². The zero-order valence-electron chi connectivity index (χ0n) is 14.8. The Kier molecular flexibility index (Phi) is 5.30. The van der Waals surface area contributed by atoms with Crippen LogP contribution < -0.4 is 0 Å². The molecule has 1 aliphatic heterocycles. The number of carboxylic acid groups (broad SMARTS) is 1. The normalized spacial score (nSPS) is 29.4. The number of aliphatic carboxylic acids is 1. The molecule has 1 spiro atoms. The number of hydrogen-bond donors (Lipinski definition) is 1. The van der Waals surface area contributed by atoms with Gasteiger partial charge in [-0.2, -0.15) is 0 Å². The molecule has 1 aromatic carbocycles. The molecule has 1 aliphatic carbocycles. The Bertz CT molecular complexity index is 617. The minimum Gasteiger partial charge on any atom is -0.481 e. The molecule has 0 bridgehead atoms. The van der Waals surface area contributed by atoms with Crippen LogP contribution in [0.3, 0.4) is 0 Å². The van der Waals surface area contributed by atoms with Crippen LogP contribution in [0.15, 0.2) is 30.3 Å². The van der Waals surface area contributed by atoms with Crippen LogP contribution in [0.5, 0.6) is 0 Å². The van der Waals surface area contributed by atoms with Gasteiger partial charge in [0.15, 0.2) is 0 Å². The van der Waals surface area contributed by atoms with Gasteiger partial charge in [-0.05, 0) is 24.3 Å². The first-order valence-electron chi connectivity index (χ1n) is 9.19. The monoisotopic (exact) mass is 345 g/mol. The van der Waals surface area contributed by atoms with Crippen LogP contribution in [0.2, 0.25) is 0 Å². The number of ether oxygens (including phenoxy) is 1. The fourth-order valence-electron chi connectivity index (χ4n) is 4.37. The smallest absolute Gasteiger partial charge is 0.410 e. The molecule has 3 rings (SSSR count). The fourth-order valence-corrected chi connectivity index (χ4v) is 4.37. The quantitative estimate of drug-likeness (QED) is 0.901. The third kappa shape index (κ3) is 3.97. The van der Waals surface area contributed by atoms with E-state index in [0.29, 0.717) is 12.5 Å². The summed E-state index contributed by atoms with van der Waals surface area (Å²) in [6.07, 6.45) is 4.59. The first kappa shape index (κ1) is 17.8. The summed E-state index contributed by atoms with van der Waals surface area (Å²) < 4.78 is 5.42. The van der Waals surface area contributed by atoms with E-state index in [1.54, 1.807) is 4.90 Å². The minimum atomic E-state index is -0.784. The number of carboxylic acids is 1. The number of rotatable bonds is 3. The highest BCUT2D eigenvalue weighted by Crippen LogP contribution is 2.47. The van der Waals surface area contributed by atoms with Crippen molar-refractivity contribution >= 4 is 12.1 Å². The predicted molar refractivity (Wildman–Crippen MR) is 94.0 cm³/mol. The maximum absolute atomic E-state index is 12.5. The Morgan fingerprint density at radius 2 is 2.00 bits per heavy atom. The predicted octanol–water partition coefficient (Wildman–Crippen LogP) is 3.93. The molecule has 2 fully saturated rings. The summed E-state index contributed by atoms with van der Waals surface area (Å²) in [5.74, 6) is -0.636. The van der Waals surface area contributed by atoms with Gasteiger partial charge in [0.05, 0.1) is 5.92 Å². The fraction of sp³-hybridized carbons (Fsp3) is 0.600. The van der Waals surface area contributed by atoms with Crippen molar-refractivity contribution in [1.82, 2.24) is 4.90 Å². The summed E-state index contributed by atoms with van der Waals surface area (Å²) in [4.78, 5) is 25.9. The summed E-state index contributed by atoms with van der Waals surface area (Å²) >= 11 is 0. The molecule has 1 amide bonds. The van der Waals surface area contributed by atoms with Crippen LogP contribution in [0.1, 0.15) is 44.6 Å².